The van der Waals surface area contributed by atoms with Gasteiger partial charge in [0.1, 0.15) is 26.0 Å². The molecule has 0 atom stereocenters. The molecule has 1 amide bonds. The number of carbonyl (C=O) groups excluding carboxylic acids is 1. The Balaban J connectivity index is 0.00000256. The summed E-state index contributed by atoms with van der Waals surface area (Å²) in [6.07, 6.45) is 0. The van der Waals surface area contributed by atoms with Crippen LogP contribution in [0.4, 0.5) is 11.4 Å². The molecule has 158 valence electrons. The number of phenols is 1. The fourth-order valence-corrected chi connectivity index (χ4v) is 4.13. The molecule has 14 heteroatoms. The van der Waals surface area contributed by atoms with Crippen LogP contribution in [0.5, 0.6) is 5.75 Å². The van der Waals surface area contributed by atoms with E-state index in [1.54, 1.807) is 19.1 Å². The molecule has 0 heterocycles. The number of hydrogen-bond acceptors (Lipinski definition) is 9. The van der Waals surface area contributed by atoms with E-state index in [1.807, 2.05) is 0 Å². The molecule has 3 aromatic carbocycles. The van der Waals surface area contributed by atoms with Crippen molar-refractivity contribution in [1.29, 1.82) is 0 Å². The second-order valence-corrected chi connectivity index (χ2v) is 9.14. The van der Waals surface area contributed by atoms with Crippen LogP contribution in [0.3, 0.4) is 0 Å². The van der Waals surface area contributed by atoms with Crippen LogP contribution >= 0.6 is 0 Å². The molecule has 0 fully saturated rings. The maximum atomic E-state index is 12.7. The third-order valence-corrected chi connectivity index (χ3v) is 6.05. The van der Waals surface area contributed by atoms with Crippen LogP contribution in [0, 0.1) is 6.92 Å². The van der Waals surface area contributed by atoms with Crippen LogP contribution in [0.15, 0.2) is 52.3 Å². The van der Waals surface area contributed by atoms with Crippen molar-refractivity contribution in [2.45, 2.75) is 16.7 Å². The van der Waals surface area contributed by atoms with Crippen molar-refractivity contribution in [3.8, 4) is 5.75 Å². The number of fused-ring (bicyclic) bond motifs is 1. The fourth-order valence-electron chi connectivity index (χ4n) is 2.95. The van der Waals surface area contributed by atoms with Crippen LogP contribution in [0.25, 0.3) is 10.8 Å². The van der Waals surface area contributed by atoms with E-state index in [2.05, 4.69) is 5.32 Å². The summed E-state index contributed by atoms with van der Waals surface area (Å²) in [5.41, 5.74) is 6.67. The van der Waals surface area contributed by atoms with E-state index < -0.39 is 47.1 Å². The van der Waals surface area contributed by atoms with Gasteiger partial charge in [-0.25, -0.2) is 16.8 Å². The number of phenolic OH excluding ortho intramolecular Hbond substituents is 1. The molecule has 0 aliphatic rings. The minimum atomic E-state index is -5.11. The number of nitrogens with two attached hydrogens (primary N) is 1. The number of carbonyl (C=O) groups is 1. The first-order chi connectivity index (χ1) is 13.8. The molecule has 4 N–H and O–H groups in total. The Hall–Kier alpha value is -1.19. The molecule has 0 aromatic heterocycles. The zero-order chi connectivity index (χ0) is 22.4. The smallest absolute Gasteiger partial charge is 0.744 e. The molecule has 0 bridgehead atoms. The van der Waals surface area contributed by atoms with E-state index in [4.69, 9.17) is 5.73 Å². The number of anilines is 2. The average Bonchev–Trinajstić information content (AvgIpc) is 2.61. The van der Waals surface area contributed by atoms with Gasteiger partial charge in [-0.05, 0) is 48.9 Å². The summed E-state index contributed by atoms with van der Waals surface area (Å²) in [6, 6.07) is 7.78. The second kappa shape index (κ2) is 10.4. The first-order valence-electron chi connectivity index (χ1n) is 8.18. The number of aromatic hydroxyl groups is 1. The standard InChI is InChI=1S/C18H16N2O8S2.2Na/c1-9-2-3-10(19)6-12(9)18(22)20-14-4-5-16(30(26,27)28)13-7-11(29(23,24)25)8-15(21)17(13)14;;/h2-8,21H,19H2,1H3,(H,20,22)(H,23,24,25)(H,26,27,28);;/q;2*+1/p-2. The van der Waals surface area contributed by atoms with Crippen LogP contribution in [-0.2, 0) is 20.2 Å². The van der Waals surface area contributed by atoms with Crippen molar-refractivity contribution >= 4 is 48.3 Å². The van der Waals surface area contributed by atoms with E-state index in [0.717, 1.165) is 12.1 Å². The zero-order valence-electron chi connectivity index (χ0n) is 17.2. The molecule has 0 unspecified atom stereocenters. The summed E-state index contributed by atoms with van der Waals surface area (Å²) in [5, 5.41) is 11.9. The number of nitrogen functional groups attached to an aromatic ring is 1. The maximum Gasteiger partial charge on any atom is 1.00 e. The van der Waals surface area contributed by atoms with Gasteiger partial charge in [0.2, 0.25) is 0 Å². The number of aryl methyl sites for hydroxylation is 1. The van der Waals surface area contributed by atoms with Crippen molar-refractivity contribution in [3.63, 3.8) is 0 Å². The van der Waals surface area contributed by atoms with Gasteiger partial charge in [-0.2, -0.15) is 0 Å². The van der Waals surface area contributed by atoms with Crippen molar-refractivity contribution in [2.75, 3.05) is 11.1 Å². The normalized spacial score (nSPS) is 11.3. The summed E-state index contributed by atoms with van der Waals surface area (Å²) < 4.78 is 68.8. The Morgan fingerprint density at radius 1 is 0.969 bits per heavy atom. The van der Waals surface area contributed by atoms with Crippen molar-refractivity contribution < 1.29 is 95.0 Å². The van der Waals surface area contributed by atoms with E-state index in [1.165, 1.54) is 6.07 Å². The largest absolute Gasteiger partial charge is 1.00 e. The molecule has 0 saturated carbocycles. The van der Waals surface area contributed by atoms with Crippen molar-refractivity contribution in [1.82, 2.24) is 0 Å². The van der Waals surface area contributed by atoms with Gasteiger partial charge in [-0.1, -0.05) is 6.07 Å². The molecule has 32 heavy (non-hydrogen) atoms. The summed E-state index contributed by atoms with van der Waals surface area (Å²) in [5.74, 6) is -1.47. The SMILES string of the molecule is Cc1ccc(N)cc1C(=O)Nc1ccc(S(=O)(=O)[O-])c2cc(S(=O)(=O)[O-])cc(O)c12.[Na+].[Na+]. The molecule has 0 saturated heterocycles. The van der Waals surface area contributed by atoms with Crippen molar-refractivity contribution in [2.24, 2.45) is 0 Å². The Bertz CT molecular complexity index is 1420. The predicted octanol–water partition coefficient (Wildman–Crippen LogP) is -4.50. The van der Waals surface area contributed by atoms with Gasteiger partial charge in [0.25, 0.3) is 5.91 Å². The monoisotopic (exact) mass is 496 g/mol. The van der Waals surface area contributed by atoms with Crippen LogP contribution in [0.2, 0.25) is 0 Å². The van der Waals surface area contributed by atoms with Crippen LogP contribution in [-0.4, -0.2) is 37.0 Å². The summed E-state index contributed by atoms with van der Waals surface area (Å²) in [6.45, 7) is 1.66. The number of nitrogens with one attached hydrogen (secondary N) is 1. The van der Waals surface area contributed by atoms with E-state index >= 15 is 0 Å². The second-order valence-electron chi connectivity index (χ2n) is 6.41. The molecular weight excluding hydrogens is 482 g/mol. The minimum Gasteiger partial charge on any atom is -0.744 e. The summed E-state index contributed by atoms with van der Waals surface area (Å²) in [7, 11) is -10.2. The van der Waals surface area contributed by atoms with Gasteiger partial charge in [0.05, 0.1) is 15.5 Å². The number of rotatable bonds is 4. The average molecular weight is 496 g/mol. The topological polar surface area (TPSA) is 190 Å². The maximum absolute atomic E-state index is 12.7. The van der Waals surface area contributed by atoms with Gasteiger partial charge >= 0.3 is 59.1 Å². The fraction of sp³-hybridized carbons (Fsp3) is 0.0556. The van der Waals surface area contributed by atoms with Gasteiger partial charge < -0.3 is 25.3 Å². The molecule has 10 nitrogen and oxygen atoms in total. The van der Waals surface area contributed by atoms with Gasteiger partial charge in [0.15, 0.2) is 0 Å². The minimum absolute atomic E-state index is 0. The molecule has 0 radical (unpaired) electrons. The third kappa shape index (κ3) is 6.03. The molecule has 3 rings (SSSR count). The Morgan fingerprint density at radius 3 is 2.16 bits per heavy atom. The van der Waals surface area contributed by atoms with E-state index in [-0.39, 0.29) is 75.8 Å². The Labute approximate surface area is 228 Å². The third-order valence-electron chi connectivity index (χ3n) is 4.34. The first-order valence-corrected chi connectivity index (χ1v) is 11.0. The Kier molecular flexibility index (Phi) is 9.36. The first kappa shape index (κ1) is 28.8. The van der Waals surface area contributed by atoms with Crippen molar-refractivity contribution in [3.05, 3.63) is 53.6 Å². The molecule has 0 aliphatic heterocycles. The molecule has 3 aromatic rings. The molecule has 0 aliphatic carbocycles. The van der Waals surface area contributed by atoms with Gasteiger partial charge in [-0.3, -0.25) is 4.79 Å². The predicted molar refractivity (Wildman–Crippen MR) is 105 cm³/mol. The quantitative estimate of drug-likeness (QED) is 0.182. The number of amides is 1. The number of hydrogen-bond donors (Lipinski definition) is 3. The summed E-state index contributed by atoms with van der Waals surface area (Å²) in [4.78, 5) is 10.9. The number of benzene rings is 3. The summed E-state index contributed by atoms with van der Waals surface area (Å²) >= 11 is 0. The molecular formula is C18H14N2Na2O8S2. The van der Waals surface area contributed by atoms with Crippen LogP contribution < -0.4 is 70.2 Å². The van der Waals surface area contributed by atoms with E-state index in [9.17, 15) is 35.8 Å². The Morgan fingerprint density at radius 2 is 1.59 bits per heavy atom. The van der Waals surface area contributed by atoms with Gasteiger partial charge in [0, 0.05) is 22.0 Å². The van der Waals surface area contributed by atoms with Crippen LogP contribution in [0.1, 0.15) is 15.9 Å². The zero-order valence-corrected chi connectivity index (χ0v) is 22.9. The van der Waals surface area contributed by atoms with Gasteiger partial charge in [-0.15, -0.1) is 0 Å². The molecule has 0 spiro atoms. The van der Waals surface area contributed by atoms with E-state index in [0.29, 0.717) is 23.4 Å².